The van der Waals surface area contributed by atoms with Gasteiger partial charge in [-0.25, -0.2) is 0 Å². The van der Waals surface area contributed by atoms with E-state index in [-0.39, 0.29) is 18.2 Å². The molecule has 0 aromatic heterocycles. The lowest BCUT2D eigenvalue weighted by molar-refractivity contribution is -0.117. The fourth-order valence-electron chi connectivity index (χ4n) is 1.14. The van der Waals surface area contributed by atoms with Crippen molar-refractivity contribution >= 4 is 18.2 Å². The molecule has 1 heterocycles. The van der Waals surface area contributed by atoms with Gasteiger partial charge in [0.15, 0.2) is 0 Å². The van der Waals surface area contributed by atoms with Gasteiger partial charge in [-0.05, 0) is 6.92 Å². The van der Waals surface area contributed by atoms with Crippen LogP contribution in [0.3, 0.4) is 0 Å². The second kappa shape index (κ2) is 6.40. The van der Waals surface area contributed by atoms with E-state index in [2.05, 4.69) is 4.90 Å². The molecule has 0 N–H and O–H groups in total. The van der Waals surface area contributed by atoms with E-state index in [1.807, 2.05) is 0 Å². The number of ketones is 1. The van der Waals surface area contributed by atoms with Gasteiger partial charge < -0.3 is 4.74 Å². The van der Waals surface area contributed by atoms with Crippen LogP contribution < -0.4 is 0 Å². The summed E-state index contributed by atoms with van der Waals surface area (Å²) in [6.07, 6.45) is 0.681. The third kappa shape index (κ3) is 4.70. The summed E-state index contributed by atoms with van der Waals surface area (Å²) in [5, 5.41) is 0. The smallest absolute Gasteiger partial charge is 0.131 e. The highest BCUT2D eigenvalue weighted by Crippen LogP contribution is 1.97. The molecule has 0 aromatic carbocycles. The van der Waals surface area contributed by atoms with E-state index in [0.717, 1.165) is 32.8 Å². The molecule has 0 atom stereocenters. The lowest BCUT2D eigenvalue weighted by atomic mass is 10.3. The highest BCUT2D eigenvalue weighted by Gasteiger charge is 2.09. The highest BCUT2D eigenvalue weighted by atomic mass is 35.5. The number of hydrogen-bond donors (Lipinski definition) is 0. The highest BCUT2D eigenvalue weighted by molar-refractivity contribution is 5.85. The number of ether oxygens (including phenoxy) is 1. The van der Waals surface area contributed by atoms with E-state index in [4.69, 9.17) is 4.74 Å². The van der Waals surface area contributed by atoms with Gasteiger partial charge in [-0.3, -0.25) is 9.69 Å². The summed E-state index contributed by atoms with van der Waals surface area (Å²) in [5.41, 5.74) is 0. The van der Waals surface area contributed by atoms with Gasteiger partial charge in [0.2, 0.25) is 0 Å². The van der Waals surface area contributed by atoms with Crippen LogP contribution in [0.25, 0.3) is 0 Å². The fourth-order valence-corrected chi connectivity index (χ4v) is 1.14. The van der Waals surface area contributed by atoms with Crippen LogP contribution in [-0.4, -0.2) is 43.5 Å². The molecule has 1 aliphatic heterocycles. The normalized spacial score (nSPS) is 18.4. The van der Waals surface area contributed by atoms with Gasteiger partial charge in [-0.1, -0.05) is 0 Å². The number of carbonyl (C=O) groups is 1. The summed E-state index contributed by atoms with van der Waals surface area (Å²) in [4.78, 5) is 12.9. The molecule has 1 rings (SSSR count). The number of carbonyl (C=O) groups excluding carboxylic acids is 1. The summed E-state index contributed by atoms with van der Waals surface area (Å²) in [7, 11) is 0. The Labute approximate surface area is 79.5 Å². The van der Waals surface area contributed by atoms with E-state index in [1.165, 1.54) is 0 Å². The molecule has 3 nitrogen and oxygen atoms in total. The maximum atomic E-state index is 10.6. The van der Waals surface area contributed by atoms with Crippen molar-refractivity contribution in [3.05, 3.63) is 0 Å². The van der Waals surface area contributed by atoms with Crippen molar-refractivity contribution in [1.29, 1.82) is 0 Å². The van der Waals surface area contributed by atoms with Crippen molar-refractivity contribution < 1.29 is 9.53 Å². The van der Waals surface area contributed by atoms with Gasteiger partial charge >= 0.3 is 0 Å². The van der Waals surface area contributed by atoms with Crippen LogP contribution in [0.5, 0.6) is 0 Å². The van der Waals surface area contributed by atoms with E-state index < -0.39 is 0 Å². The van der Waals surface area contributed by atoms with Gasteiger partial charge in [0.25, 0.3) is 0 Å². The predicted molar refractivity (Wildman–Crippen MR) is 49.8 cm³/mol. The monoisotopic (exact) mass is 193 g/mol. The maximum Gasteiger partial charge on any atom is 0.131 e. The molecular formula is C8H16ClNO2. The Morgan fingerprint density at radius 2 is 2.00 bits per heavy atom. The first-order valence-electron chi connectivity index (χ1n) is 4.08. The minimum Gasteiger partial charge on any atom is -0.379 e. The average molecular weight is 194 g/mol. The minimum atomic E-state index is 0. The third-order valence-electron chi connectivity index (χ3n) is 1.88. The molecule has 0 aliphatic carbocycles. The van der Waals surface area contributed by atoms with E-state index in [9.17, 15) is 4.79 Å². The Bertz CT molecular complexity index is 135. The molecule has 0 saturated carbocycles. The van der Waals surface area contributed by atoms with Crippen LogP contribution in [-0.2, 0) is 9.53 Å². The molecule has 0 bridgehead atoms. The maximum absolute atomic E-state index is 10.6. The molecule has 1 fully saturated rings. The molecule has 1 aliphatic rings. The van der Waals surface area contributed by atoms with Crippen molar-refractivity contribution in [2.24, 2.45) is 0 Å². The van der Waals surface area contributed by atoms with Gasteiger partial charge in [-0.2, -0.15) is 0 Å². The molecular weight excluding hydrogens is 178 g/mol. The molecule has 72 valence electrons. The summed E-state index contributed by atoms with van der Waals surface area (Å²) >= 11 is 0. The number of halogens is 1. The Hall–Kier alpha value is -0.120. The van der Waals surface area contributed by atoms with Crippen molar-refractivity contribution in [3.8, 4) is 0 Å². The summed E-state index contributed by atoms with van der Waals surface area (Å²) in [5.74, 6) is 0.275. The molecule has 1 saturated heterocycles. The molecule has 0 amide bonds. The summed E-state index contributed by atoms with van der Waals surface area (Å²) in [6.45, 7) is 6.13. The first-order chi connectivity index (χ1) is 5.29. The quantitative estimate of drug-likeness (QED) is 0.662. The molecule has 0 radical (unpaired) electrons. The van der Waals surface area contributed by atoms with Crippen LogP contribution in [0.1, 0.15) is 13.3 Å². The first-order valence-corrected chi connectivity index (χ1v) is 4.08. The molecule has 0 spiro atoms. The number of rotatable bonds is 3. The van der Waals surface area contributed by atoms with Crippen LogP contribution in [0, 0.1) is 0 Å². The molecule has 4 heteroatoms. The number of Topliss-reactive ketones (excluding diaryl/α,β-unsaturated/α-hetero) is 1. The SMILES string of the molecule is CC(=O)CCN1CCOCC1.Cl. The van der Waals surface area contributed by atoms with Gasteiger partial charge in [-0.15, -0.1) is 12.4 Å². The first kappa shape index (κ1) is 11.9. The zero-order chi connectivity index (χ0) is 8.10. The van der Waals surface area contributed by atoms with Gasteiger partial charge in [0, 0.05) is 26.1 Å². The van der Waals surface area contributed by atoms with E-state index in [1.54, 1.807) is 6.92 Å². The summed E-state index contributed by atoms with van der Waals surface area (Å²) in [6, 6.07) is 0. The van der Waals surface area contributed by atoms with E-state index >= 15 is 0 Å². The lowest BCUT2D eigenvalue weighted by Crippen LogP contribution is -2.37. The van der Waals surface area contributed by atoms with Gasteiger partial charge in [0.05, 0.1) is 13.2 Å². The Morgan fingerprint density at radius 3 is 2.50 bits per heavy atom. The Kier molecular flexibility index (Phi) is 6.34. The second-order valence-electron chi connectivity index (χ2n) is 2.91. The van der Waals surface area contributed by atoms with E-state index in [0.29, 0.717) is 6.42 Å². The second-order valence-corrected chi connectivity index (χ2v) is 2.91. The van der Waals surface area contributed by atoms with Crippen LogP contribution in [0.15, 0.2) is 0 Å². The topological polar surface area (TPSA) is 29.5 Å². The third-order valence-corrected chi connectivity index (χ3v) is 1.88. The Morgan fingerprint density at radius 1 is 1.42 bits per heavy atom. The van der Waals surface area contributed by atoms with Crippen molar-refractivity contribution in [1.82, 2.24) is 4.90 Å². The lowest BCUT2D eigenvalue weighted by Gasteiger charge is -2.25. The fraction of sp³-hybridized carbons (Fsp3) is 0.875. The number of hydrogen-bond acceptors (Lipinski definition) is 3. The average Bonchev–Trinajstić information content (AvgIpc) is 2.03. The van der Waals surface area contributed by atoms with Crippen LogP contribution >= 0.6 is 12.4 Å². The van der Waals surface area contributed by atoms with Crippen molar-refractivity contribution in [2.75, 3.05) is 32.8 Å². The van der Waals surface area contributed by atoms with Crippen molar-refractivity contribution in [2.45, 2.75) is 13.3 Å². The summed E-state index contributed by atoms with van der Waals surface area (Å²) < 4.78 is 5.18. The van der Waals surface area contributed by atoms with Crippen molar-refractivity contribution in [3.63, 3.8) is 0 Å². The molecule has 0 unspecified atom stereocenters. The van der Waals surface area contributed by atoms with Gasteiger partial charge in [0.1, 0.15) is 5.78 Å². The van der Waals surface area contributed by atoms with Crippen LogP contribution in [0.4, 0.5) is 0 Å². The predicted octanol–water partition coefficient (Wildman–Crippen LogP) is 0.720. The number of nitrogens with zero attached hydrogens (tertiary/aromatic N) is 1. The number of morpholine rings is 1. The zero-order valence-corrected chi connectivity index (χ0v) is 8.23. The standard InChI is InChI=1S/C8H15NO2.ClH/c1-8(10)2-3-9-4-6-11-7-5-9;/h2-7H2,1H3;1H. The molecule has 12 heavy (non-hydrogen) atoms. The zero-order valence-electron chi connectivity index (χ0n) is 7.41. The minimum absolute atomic E-state index is 0. The largest absolute Gasteiger partial charge is 0.379 e. The Balaban J connectivity index is 0.00000121. The molecule has 0 aromatic rings. The van der Waals surface area contributed by atoms with Crippen LogP contribution in [0.2, 0.25) is 0 Å².